The zero-order chi connectivity index (χ0) is 27.2. The van der Waals surface area contributed by atoms with Gasteiger partial charge in [0.15, 0.2) is 23.2 Å². The van der Waals surface area contributed by atoms with Crippen LogP contribution in [-0.4, -0.2) is 48.2 Å². The van der Waals surface area contributed by atoms with Crippen LogP contribution in [-0.2, 0) is 4.74 Å². The summed E-state index contributed by atoms with van der Waals surface area (Å²) >= 11 is 0. The first kappa shape index (κ1) is 26.6. The molecule has 5 rings (SSSR count). The van der Waals surface area contributed by atoms with Crippen LogP contribution >= 0.6 is 0 Å². The van der Waals surface area contributed by atoms with Gasteiger partial charge in [-0.15, -0.1) is 0 Å². The Kier molecular flexibility index (Phi) is 8.34. The van der Waals surface area contributed by atoms with Crippen LogP contribution in [0.1, 0.15) is 41.0 Å². The van der Waals surface area contributed by atoms with E-state index in [1.807, 2.05) is 48.0 Å². The molecule has 1 atom stereocenters. The lowest BCUT2D eigenvalue weighted by molar-refractivity contribution is 0.0309. The minimum absolute atomic E-state index is 0.0231. The molecule has 0 spiro atoms. The van der Waals surface area contributed by atoms with E-state index in [1.54, 1.807) is 18.3 Å². The number of ether oxygens (including phenoxy) is 2. The topological polar surface area (TPSA) is 77.4 Å². The van der Waals surface area contributed by atoms with Crippen molar-refractivity contribution in [2.75, 3.05) is 32.1 Å². The molecule has 3 aromatic rings. The molecule has 202 valence electrons. The molecule has 1 unspecified atom stereocenters. The summed E-state index contributed by atoms with van der Waals surface area (Å²) in [7, 11) is 1.45. The minimum Gasteiger partial charge on any atom is -0.494 e. The van der Waals surface area contributed by atoms with Gasteiger partial charge in [0.05, 0.1) is 37.4 Å². The van der Waals surface area contributed by atoms with Gasteiger partial charge in [-0.1, -0.05) is 18.2 Å². The second kappa shape index (κ2) is 12.2. The van der Waals surface area contributed by atoms with Gasteiger partial charge in [-0.2, -0.15) is 0 Å². The highest BCUT2D eigenvalue weighted by Gasteiger charge is 2.18. The van der Waals surface area contributed by atoms with E-state index in [4.69, 9.17) is 9.47 Å². The number of nitrogens with zero attached hydrogens (tertiary/aromatic N) is 2. The number of hydrogen-bond acceptors (Lipinski definition) is 6. The number of morpholine rings is 1. The number of carbonyl (C=O) groups excluding carboxylic acids is 1. The zero-order valence-electron chi connectivity index (χ0n) is 22.2. The standard InChI is InChI=1S/C31H33FN4O3/c1-21-17-23(11-12-25(21)29(37)9-6-7-24-19-33-14-16-39-24)35-27-8-4-3-5-15-36-28(20-34-31(27)36)22-10-13-30(38-2)26(32)18-22/h5-6,8-13,15,17-18,20,24,33,35H,3-4,7,14,16,19H2,1-2H3/b9-6+,15-5-,27-8?. The van der Waals surface area contributed by atoms with Gasteiger partial charge in [0, 0.05) is 36.1 Å². The fraction of sp³-hybridized carbons (Fsp3) is 0.290. The SMILES string of the molecule is COc1ccc(-c2cnc3n2/C=C\CCC=C3Nc2ccc(C(=O)/C=C/CC3CNCCO3)c(C)c2)cc1F. The van der Waals surface area contributed by atoms with Crippen molar-refractivity contribution in [3.8, 4) is 17.0 Å². The predicted octanol–water partition coefficient (Wildman–Crippen LogP) is 5.84. The number of aryl methyl sites for hydroxylation is 1. The van der Waals surface area contributed by atoms with E-state index in [0.717, 1.165) is 54.4 Å². The fourth-order valence-electron chi connectivity index (χ4n) is 4.81. The molecule has 2 aliphatic heterocycles. The van der Waals surface area contributed by atoms with Crippen molar-refractivity contribution < 1.29 is 18.7 Å². The second-order valence-corrected chi connectivity index (χ2v) is 9.62. The van der Waals surface area contributed by atoms with Crippen LogP contribution in [0.15, 0.2) is 66.9 Å². The summed E-state index contributed by atoms with van der Waals surface area (Å²) < 4.78 is 27.1. The van der Waals surface area contributed by atoms with Crippen LogP contribution in [0.5, 0.6) is 5.75 Å². The molecule has 0 saturated carbocycles. The maximum Gasteiger partial charge on any atom is 0.185 e. The minimum atomic E-state index is -0.423. The number of hydrogen-bond donors (Lipinski definition) is 2. The molecule has 0 aliphatic carbocycles. The Labute approximate surface area is 228 Å². The quantitative estimate of drug-likeness (QED) is 0.283. The molecular weight excluding hydrogens is 495 g/mol. The van der Waals surface area contributed by atoms with Crippen molar-refractivity contribution >= 4 is 23.4 Å². The third kappa shape index (κ3) is 6.19. The van der Waals surface area contributed by atoms with Crippen LogP contribution in [0, 0.1) is 12.7 Å². The fourth-order valence-corrected chi connectivity index (χ4v) is 4.81. The molecule has 7 nitrogen and oxygen atoms in total. The van der Waals surface area contributed by atoms with E-state index in [9.17, 15) is 9.18 Å². The molecule has 1 fully saturated rings. The highest BCUT2D eigenvalue weighted by Crippen LogP contribution is 2.30. The Hall–Kier alpha value is -4.01. The third-order valence-corrected chi connectivity index (χ3v) is 6.87. The van der Waals surface area contributed by atoms with Crippen molar-refractivity contribution in [2.45, 2.75) is 32.3 Å². The van der Waals surface area contributed by atoms with Crippen LogP contribution in [0.25, 0.3) is 23.2 Å². The number of anilines is 1. The molecule has 0 amide bonds. The van der Waals surface area contributed by atoms with Gasteiger partial charge in [0.1, 0.15) is 0 Å². The lowest BCUT2D eigenvalue weighted by Crippen LogP contribution is -2.38. The van der Waals surface area contributed by atoms with Gasteiger partial charge in [-0.05, 0) is 74.2 Å². The van der Waals surface area contributed by atoms with E-state index >= 15 is 0 Å². The Bertz CT molecular complexity index is 1430. The van der Waals surface area contributed by atoms with Gasteiger partial charge in [0.2, 0.25) is 0 Å². The predicted molar refractivity (Wildman–Crippen MR) is 152 cm³/mol. The maximum atomic E-state index is 14.4. The number of aromatic nitrogens is 2. The molecule has 3 heterocycles. The Morgan fingerprint density at radius 1 is 1.28 bits per heavy atom. The first-order chi connectivity index (χ1) is 19.0. The van der Waals surface area contributed by atoms with Crippen LogP contribution in [0.2, 0.25) is 0 Å². The molecule has 39 heavy (non-hydrogen) atoms. The molecule has 0 radical (unpaired) electrons. The average Bonchev–Trinajstić information content (AvgIpc) is 3.34. The maximum absolute atomic E-state index is 14.4. The van der Waals surface area contributed by atoms with Crippen molar-refractivity contribution in [1.82, 2.24) is 14.9 Å². The lowest BCUT2D eigenvalue weighted by Gasteiger charge is -2.22. The van der Waals surface area contributed by atoms with Crippen molar-refractivity contribution in [3.63, 3.8) is 0 Å². The molecule has 2 aliphatic rings. The summed E-state index contributed by atoms with van der Waals surface area (Å²) in [5, 5.41) is 6.79. The largest absolute Gasteiger partial charge is 0.494 e. The molecular formula is C31H33FN4O3. The van der Waals surface area contributed by atoms with Gasteiger partial charge >= 0.3 is 0 Å². The first-order valence-corrected chi connectivity index (χ1v) is 13.2. The number of carbonyl (C=O) groups is 1. The van der Waals surface area contributed by atoms with Crippen molar-refractivity contribution in [2.24, 2.45) is 0 Å². The highest BCUT2D eigenvalue weighted by molar-refractivity contribution is 6.05. The van der Waals surface area contributed by atoms with Gasteiger partial charge in [0.25, 0.3) is 0 Å². The summed E-state index contributed by atoms with van der Waals surface area (Å²) in [5.74, 6) is 0.475. The molecule has 0 bridgehead atoms. The number of allylic oxidation sites excluding steroid dienone is 3. The number of methoxy groups -OCH3 is 1. The van der Waals surface area contributed by atoms with Gasteiger partial charge in [-0.25, -0.2) is 9.37 Å². The molecule has 1 aromatic heterocycles. The summed E-state index contributed by atoms with van der Waals surface area (Å²) in [6, 6.07) is 10.6. The normalized spacial score (nSPS) is 18.1. The summed E-state index contributed by atoms with van der Waals surface area (Å²) in [6.07, 6.45) is 14.0. The number of rotatable bonds is 8. The van der Waals surface area contributed by atoms with Gasteiger partial charge < -0.3 is 20.1 Å². The molecule has 2 N–H and O–H groups in total. The Balaban J connectivity index is 1.33. The van der Waals surface area contributed by atoms with Crippen LogP contribution in [0.4, 0.5) is 10.1 Å². The smallest absolute Gasteiger partial charge is 0.185 e. The van der Waals surface area contributed by atoms with E-state index in [0.29, 0.717) is 24.2 Å². The second-order valence-electron chi connectivity index (χ2n) is 9.62. The number of imidazole rings is 1. The third-order valence-electron chi connectivity index (χ3n) is 6.87. The lowest BCUT2D eigenvalue weighted by atomic mass is 10.0. The van der Waals surface area contributed by atoms with E-state index < -0.39 is 5.82 Å². The average molecular weight is 529 g/mol. The monoisotopic (exact) mass is 528 g/mol. The van der Waals surface area contributed by atoms with E-state index in [2.05, 4.69) is 27.8 Å². The van der Waals surface area contributed by atoms with Crippen molar-refractivity contribution in [1.29, 1.82) is 0 Å². The number of nitrogens with one attached hydrogen (secondary N) is 2. The zero-order valence-corrected chi connectivity index (χ0v) is 22.2. The number of ketones is 1. The highest BCUT2D eigenvalue weighted by atomic mass is 19.1. The summed E-state index contributed by atoms with van der Waals surface area (Å²) in [6.45, 7) is 4.32. The van der Waals surface area contributed by atoms with Crippen LogP contribution < -0.4 is 15.4 Å². The molecule has 2 aromatic carbocycles. The van der Waals surface area contributed by atoms with E-state index in [-0.39, 0.29) is 17.6 Å². The summed E-state index contributed by atoms with van der Waals surface area (Å²) in [4.78, 5) is 17.5. The van der Waals surface area contributed by atoms with E-state index in [1.165, 1.54) is 13.2 Å². The van der Waals surface area contributed by atoms with Gasteiger partial charge in [-0.3, -0.25) is 9.36 Å². The molecule has 8 heteroatoms. The Morgan fingerprint density at radius 3 is 2.95 bits per heavy atom. The van der Waals surface area contributed by atoms with Crippen molar-refractivity contribution in [3.05, 3.63) is 89.7 Å². The number of fused-ring (bicyclic) bond motifs is 1. The van der Waals surface area contributed by atoms with Crippen LogP contribution in [0.3, 0.4) is 0 Å². The number of benzene rings is 2. The summed E-state index contributed by atoms with van der Waals surface area (Å²) in [5.41, 5.74) is 4.73. The molecule has 1 saturated heterocycles. The first-order valence-electron chi connectivity index (χ1n) is 13.2. The number of halogens is 1. The Morgan fingerprint density at radius 2 is 2.18 bits per heavy atom.